The van der Waals surface area contributed by atoms with E-state index in [1.807, 2.05) is 36.1 Å². The molecule has 3 aromatic rings. The molecule has 7 heteroatoms. The van der Waals surface area contributed by atoms with Gasteiger partial charge in [-0.3, -0.25) is 14.5 Å². The van der Waals surface area contributed by atoms with Gasteiger partial charge in [0.15, 0.2) is 0 Å². The number of carbonyl (C=O) groups excluding carboxylic acids is 1. The van der Waals surface area contributed by atoms with Crippen molar-refractivity contribution in [2.45, 2.75) is 52.2 Å². The van der Waals surface area contributed by atoms with Gasteiger partial charge in [0.05, 0.1) is 17.3 Å². The number of thiophene rings is 1. The number of amides is 1. The number of aromatic nitrogens is 2. The predicted molar refractivity (Wildman–Crippen MR) is 126 cm³/mol. The number of aromatic amines is 1. The molecule has 0 spiro atoms. The van der Waals surface area contributed by atoms with Crippen LogP contribution in [-0.2, 0) is 19.5 Å². The Bertz CT molecular complexity index is 1200. The van der Waals surface area contributed by atoms with Crippen molar-refractivity contribution in [3.05, 3.63) is 84.7 Å². The van der Waals surface area contributed by atoms with Gasteiger partial charge in [-0.1, -0.05) is 17.7 Å². The molecule has 166 valence electrons. The fourth-order valence-electron chi connectivity index (χ4n) is 4.72. The molecule has 2 aliphatic rings. The summed E-state index contributed by atoms with van der Waals surface area (Å²) in [5.74, 6) is 0.639. The van der Waals surface area contributed by atoms with E-state index in [-0.39, 0.29) is 17.5 Å². The average Bonchev–Trinajstić information content (AvgIpc) is 3.43. The Balaban J connectivity index is 1.37. The maximum absolute atomic E-state index is 13.1. The lowest BCUT2D eigenvalue weighted by molar-refractivity contribution is 0.0729. The Morgan fingerprint density at radius 1 is 1.19 bits per heavy atom. The molecular formula is C25H28N4O2S. The highest BCUT2D eigenvalue weighted by atomic mass is 32.1. The summed E-state index contributed by atoms with van der Waals surface area (Å²) in [6, 6.07) is 9.64. The second-order valence-corrected chi connectivity index (χ2v) is 9.89. The van der Waals surface area contributed by atoms with Crippen LogP contribution in [0, 0.1) is 13.8 Å². The fourth-order valence-corrected chi connectivity index (χ4v) is 5.67. The first-order valence-corrected chi connectivity index (χ1v) is 12.1. The highest BCUT2D eigenvalue weighted by Crippen LogP contribution is 2.32. The van der Waals surface area contributed by atoms with Crippen LogP contribution in [0.1, 0.15) is 62.3 Å². The molecule has 32 heavy (non-hydrogen) atoms. The monoisotopic (exact) mass is 448 g/mol. The second-order valence-electron chi connectivity index (χ2n) is 8.89. The van der Waals surface area contributed by atoms with Crippen LogP contribution in [0.15, 0.2) is 40.5 Å². The molecular weight excluding hydrogens is 420 g/mol. The van der Waals surface area contributed by atoms with Crippen LogP contribution in [0.25, 0.3) is 0 Å². The molecule has 0 bridgehead atoms. The minimum absolute atomic E-state index is 0.00497. The Kier molecular flexibility index (Phi) is 5.69. The standard InChI is InChI=1S/C25H28N4O2S/c1-16-5-7-18(8-6-16)25(31)29-11-3-4-21(29)23-26-20-9-12-28(14-19(20)24(30)27-23)15-22-17(2)10-13-32-22/h5-8,10,13,21H,3-4,9,11-12,14-15H2,1-2H3,(H,26,27,30). The summed E-state index contributed by atoms with van der Waals surface area (Å²) in [4.78, 5) is 39.6. The molecule has 1 atom stereocenters. The lowest BCUT2D eigenvalue weighted by Gasteiger charge is -2.29. The van der Waals surface area contributed by atoms with E-state index < -0.39 is 0 Å². The minimum atomic E-state index is -0.173. The molecule has 5 rings (SSSR count). The van der Waals surface area contributed by atoms with E-state index in [9.17, 15) is 9.59 Å². The van der Waals surface area contributed by atoms with Crippen molar-refractivity contribution in [3.63, 3.8) is 0 Å². The van der Waals surface area contributed by atoms with Crippen molar-refractivity contribution in [2.75, 3.05) is 13.1 Å². The van der Waals surface area contributed by atoms with E-state index in [1.165, 1.54) is 10.4 Å². The normalized spacial score (nSPS) is 18.7. The van der Waals surface area contributed by atoms with Crippen molar-refractivity contribution >= 4 is 17.2 Å². The SMILES string of the molecule is Cc1ccc(C(=O)N2CCCC2c2nc3c(c(=O)[nH]2)CN(Cc2sccc2C)CC3)cc1. The molecule has 6 nitrogen and oxygen atoms in total. The summed E-state index contributed by atoms with van der Waals surface area (Å²) in [7, 11) is 0. The van der Waals surface area contributed by atoms with Crippen LogP contribution < -0.4 is 5.56 Å². The number of fused-ring (bicyclic) bond motifs is 1. The molecule has 0 radical (unpaired) electrons. The fraction of sp³-hybridized carbons (Fsp3) is 0.400. The third-order valence-electron chi connectivity index (χ3n) is 6.63. The number of hydrogen-bond donors (Lipinski definition) is 1. The van der Waals surface area contributed by atoms with Gasteiger partial charge in [0.2, 0.25) is 0 Å². The highest BCUT2D eigenvalue weighted by Gasteiger charge is 2.33. The van der Waals surface area contributed by atoms with Crippen molar-refractivity contribution in [2.24, 2.45) is 0 Å². The van der Waals surface area contributed by atoms with Gasteiger partial charge >= 0.3 is 0 Å². The number of benzene rings is 1. The number of nitrogens with zero attached hydrogens (tertiary/aromatic N) is 3. The first kappa shape index (κ1) is 21.1. The average molecular weight is 449 g/mol. The van der Waals surface area contributed by atoms with Crippen LogP contribution >= 0.6 is 11.3 Å². The largest absolute Gasteiger partial charge is 0.328 e. The Morgan fingerprint density at radius 3 is 2.75 bits per heavy atom. The summed E-state index contributed by atoms with van der Waals surface area (Å²) >= 11 is 1.77. The summed E-state index contributed by atoms with van der Waals surface area (Å²) in [5.41, 5.74) is 4.71. The summed E-state index contributed by atoms with van der Waals surface area (Å²) in [5, 5.41) is 2.12. The van der Waals surface area contributed by atoms with Gasteiger partial charge in [0, 0.05) is 43.0 Å². The first-order chi connectivity index (χ1) is 15.5. The van der Waals surface area contributed by atoms with Gasteiger partial charge in [0.25, 0.3) is 11.5 Å². The zero-order valence-corrected chi connectivity index (χ0v) is 19.4. The lowest BCUT2D eigenvalue weighted by Crippen LogP contribution is -2.37. The minimum Gasteiger partial charge on any atom is -0.328 e. The highest BCUT2D eigenvalue weighted by molar-refractivity contribution is 7.10. The van der Waals surface area contributed by atoms with Crippen molar-refractivity contribution < 1.29 is 4.79 Å². The van der Waals surface area contributed by atoms with Gasteiger partial charge in [0.1, 0.15) is 5.82 Å². The van der Waals surface area contributed by atoms with E-state index in [1.54, 1.807) is 11.3 Å². The van der Waals surface area contributed by atoms with Crippen LogP contribution in [0.3, 0.4) is 0 Å². The van der Waals surface area contributed by atoms with Crippen molar-refractivity contribution in [1.29, 1.82) is 0 Å². The number of aryl methyl sites for hydroxylation is 2. The van der Waals surface area contributed by atoms with Gasteiger partial charge in [-0.2, -0.15) is 0 Å². The van der Waals surface area contributed by atoms with Gasteiger partial charge in [-0.25, -0.2) is 4.98 Å². The Labute approximate surface area is 191 Å². The number of H-pyrrole nitrogens is 1. The van der Waals surface area contributed by atoms with Crippen LogP contribution in [0.2, 0.25) is 0 Å². The Hall–Kier alpha value is -2.77. The molecule has 1 N–H and O–H groups in total. The van der Waals surface area contributed by atoms with E-state index in [2.05, 4.69) is 28.3 Å². The van der Waals surface area contributed by atoms with Crippen molar-refractivity contribution in [1.82, 2.24) is 19.8 Å². The third-order valence-corrected chi connectivity index (χ3v) is 7.64. The quantitative estimate of drug-likeness (QED) is 0.655. The van der Waals surface area contributed by atoms with E-state index >= 15 is 0 Å². The van der Waals surface area contributed by atoms with Gasteiger partial charge in [-0.05, 0) is 55.8 Å². The molecule has 1 amide bonds. The number of carbonyl (C=O) groups is 1. The molecule has 1 fully saturated rings. The molecule has 1 aromatic carbocycles. The molecule has 0 saturated carbocycles. The second kappa shape index (κ2) is 8.64. The van der Waals surface area contributed by atoms with Crippen LogP contribution in [0.4, 0.5) is 0 Å². The Morgan fingerprint density at radius 2 is 2.00 bits per heavy atom. The van der Waals surface area contributed by atoms with Gasteiger partial charge < -0.3 is 9.88 Å². The zero-order chi connectivity index (χ0) is 22.2. The maximum Gasteiger partial charge on any atom is 0.255 e. The molecule has 1 unspecified atom stereocenters. The topological polar surface area (TPSA) is 69.3 Å². The zero-order valence-electron chi connectivity index (χ0n) is 18.6. The molecule has 2 aliphatic heterocycles. The number of rotatable bonds is 4. The van der Waals surface area contributed by atoms with Crippen LogP contribution in [0.5, 0.6) is 0 Å². The van der Waals surface area contributed by atoms with Gasteiger partial charge in [-0.15, -0.1) is 11.3 Å². The molecule has 0 aliphatic carbocycles. The van der Waals surface area contributed by atoms with E-state index in [4.69, 9.17) is 4.98 Å². The van der Waals surface area contributed by atoms with E-state index in [0.717, 1.165) is 49.2 Å². The number of nitrogens with one attached hydrogen (secondary N) is 1. The first-order valence-electron chi connectivity index (χ1n) is 11.2. The third kappa shape index (κ3) is 4.02. The molecule has 4 heterocycles. The van der Waals surface area contributed by atoms with Crippen LogP contribution in [-0.4, -0.2) is 38.8 Å². The van der Waals surface area contributed by atoms with Crippen molar-refractivity contribution in [3.8, 4) is 0 Å². The number of likely N-dealkylation sites (tertiary alicyclic amines) is 1. The molecule has 2 aromatic heterocycles. The smallest absolute Gasteiger partial charge is 0.255 e. The number of hydrogen-bond acceptors (Lipinski definition) is 5. The molecule has 1 saturated heterocycles. The summed E-state index contributed by atoms with van der Waals surface area (Å²) < 4.78 is 0. The van der Waals surface area contributed by atoms with E-state index in [0.29, 0.717) is 24.5 Å². The summed E-state index contributed by atoms with van der Waals surface area (Å²) in [6.45, 7) is 7.20. The predicted octanol–water partition coefficient (Wildman–Crippen LogP) is 3.98. The maximum atomic E-state index is 13.1. The summed E-state index contributed by atoms with van der Waals surface area (Å²) in [6.07, 6.45) is 2.50. The lowest BCUT2D eigenvalue weighted by atomic mass is 10.1.